The van der Waals surface area contributed by atoms with Crippen LogP contribution in [0, 0.1) is 0 Å². The van der Waals surface area contributed by atoms with Crippen molar-refractivity contribution in [3.8, 4) is 17.1 Å². The summed E-state index contributed by atoms with van der Waals surface area (Å²) in [5, 5.41) is 32.8. The summed E-state index contributed by atoms with van der Waals surface area (Å²) < 4.78 is 14.8. The number of aromatic nitrogens is 2. The molecule has 3 heterocycles. The van der Waals surface area contributed by atoms with E-state index in [-0.39, 0.29) is 11.7 Å². The van der Waals surface area contributed by atoms with E-state index < -0.39 is 46.4 Å². The summed E-state index contributed by atoms with van der Waals surface area (Å²) in [6, 6.07) is 0. The van der Waals surface area contributed by atoms with Gasteiger partial charge in [-0.3, -0.25) is 15.4 Å². The molecule has 17 heteroatoms. The number of amidine groups is 1. The topological polar surface area (TPSA) is 228 Å². The number of nitrogens with two attached hydrogens (primary N) is 1. The third kappa shape index (κ3) is 9.77. The molecule has 3 aromatic rings. The van der Waals surface area contributed by atoms with Crippen molar-refractivity contribution in [1.82, 2.24) is 9.97 Å². The Labute approximate surface area is 248 Å². The maximum Gasteiger partial charge on any atom is 0.412 e. The molecule has 0 spiro atoms. The monoisotopic (exact) mass is 624 g/mol. The van der Waals surface area contributed by atoms with Crippen LogP contribution < -0.4 is 21.9 Å². The number of rotatable bonds is 5. The Kier molecular flexibility index (Phi) is 11.0. The minimum absolute atomic E-state index is 0.00416. The number of carbonyl (C=O) groups excluding carboxylic acids is 3. The number of carbonyl (C=O) groups is 3. The number of anilines is 2. The van der Waals surface area contributed by atoms with Gasteiger partial charge < -0.3 is 35.2 Å². The fourth-order valence-corrected chi connectivity index (χ4v) is 4.42. The van der Waals surface area contributed by atoms with Crippen LogP contribution in [0.3, 0.4) is 0 Å². The number of methoxy groups -OCH3 is 1. The number of nitrogens with zero attached hydrogens (tertiary/aromatic N) is 2. The lowest BCUT2D eigenvalue weighted by atomic mass is 10.2. The predicted molar refractivity (Wildman–Crippen MR) is 158 cm³/mol. The number of H-pyrrole nitrogens is 1. The molecule has 0 aromatic carbocycles. The van der Waals surface area contributed by atoms with E-state index in [2.05, 4.69) is 30.5 Å². The van der Waals surface area contributed by atoms with E-state index in [4.69, 9.17) is 20.4 Å². The molecule has 0 saturated carbocycles. The second-order valence-electron chi connectivity index (χ2n) is 10.2. The quantitative estimate of drug-likeness (QED) is 0.0577. The fraction of sp³-hybridized carbons (Fsp3) is 0.360. The maximum absolute atomic E-state index is 11.9. The van der Waals surface area contributed by atoms with Crippen LogP contribution in [0.4, 0.5) is 21.0 Å². The second-order valence-corrected chi connectivity index (χ2v) is 11.7. The zero-order valence-electron chi connectivity index (χ0n) is 23.8. The number of aromatic hydroxyl groups is 1. The first-order valence-electron chi connectivity index (χ1n) is 12.0. The molecule has 2 amide bonds. The van der Waals surface area contributed by atoms with Crippen LogP contribution in [-0.4, -0.2) is 62.6 Å². The zero-order valence-corrected chi connectivity index (χ0v) is 25.5. The standard InChI is InChI=1S/C15H17N3O6S.C10H15N3O3S/c1-15(2,3)24-14(22)16-8-6-25-5-7(8)11-17-9(13(21)23-4)10(19)12(20)18-11;1-10(2,3)16-9(14)12-7-5-17-4-6(7)8(11)13-15/h5-6,19H,1-4H3,(H,16,22)(H,17,18,20);4-5,15H,1-3H3,(H2,11,13)(H,12,14). The molecule has 7 N–H and O–H groups in total. The number of thiophene rings is 2. The lowest BCUT2D eigenvalue weighted by Crippen LogP contribution is -2.27. The van der Waals surface area contributed by atoms with Gasteiger partial charge in [-0.25, -0.2) is 19.4 Å². The van der Waals surface area contributed by atoms with Gasteiger partial charge in [-0.1, -0.05) is 5.16 Å². The van der Waals surface area contributed by atoms with E-state index in [0.29, 0.717) is 22.5 Å². The van der Waals surface area contributed by atoms with E-state index in [9.17, 15) is 24.3 Å². The number of ether oxygens (including phenoxy) is 3. The van der Waals surface area contributed by atoms with Gasteiger partial charge in [0.15, 0.2) is 11.5 Å². The number of nitrogens with one attached hydrogen (secondary N) is 3. The number of esters is 1. The number of aromatic amines is 1. The molecule has 3 rings (SSSR count). The number of amides is 2. The summed E-state index contributed by atoms with van der Waals surface area (Å²) in [5.41, 5.74) is 4.40. The highest BCUT2D eigenvalue weighted by Crippen LogP contribution is 2.30. The smallest absolute Gasteiger partial charge is 0.412 e. The highest BCUT2D eigenvalue weighted by atomic mass is 32.1. The first-order chi connectivity index (χ1) is 19.5. The average Bonchev–Trinajstić information content (AvgIpc) is 3.52. The van der Waals surface area contributed by atoms with Crippen molar-refractivity contribution < 1.29 is 38.9 Å². The fourth-order valence-electron chi connectivity index (χ4n) is 2.88. The molecule has 0 aliphatic heterocycles. The van der Waals surface area contributed by atoms with Crippen LogP contribution in [0.1, 0.15) is 57.6 Å². The number of oxime groups is 1. The van der Waals surface area contributed by atoms with E-state index in [1.807, 2.05) is 0 Å². The Morgan fingerprint density at radius 3 is 2.00 bits per heavy atom. The highest BCUT2D eigenvalue weighted by Gasteiger charge is 2.22. The van der Waals surface area contributed by atoms with Crippen LogP contribution in [0.2, 0.25) is 0 Å². The maximum atomic E-state index is 11.9. The molecule has 0 atom stereocenters. The number of hydrogen-bond acceptors (Lipinski definition) is 13. The van der Waals surface area contributed by atoms with Gasteiger partial charge in [0.05, 0.1) is 29.6 Å². The van der Waals surface area contributed by atoms with Gasteiger partial charge >= 0.3 is 18.2 Å². The molecule has 0 saturated heterocycles. The molecule has 0 unspecified atom stereocenters. The van der Waals surface area contributed by atoms with Crippen molar-refractivity contribution in [3.05, 3.63) is 43.1 Å². The number of hydrogen-bond donors (Lipinski definition) is 6. The Morgan fingerprint density at radius 1 is 0.952 bits per heavy atom. The largest absolute Gasteiger partial charge is 0.501 e. The SMILES string of the molecule is CC(C)(C)OC(=O)Nc1cscc1/C(N)=N/O.COC(=O)c1nc(-c2cscc2NC(=O)OC(C)(C)C)[nH]c(=O)c1O. The Morgan fingerprint density at radius 2 is 1.48 bits per heavy atom. The van der Waals surface area contributed by atoms with Crippen molar-refractivity contribution in [2.75, 3.05) is 17.7 Å². The zero-order chi connectivity index (χ0) is 31.8. The minimum atomic E-state index is -0.957. The first-order valence-corrected chi connectivity index (χ1v) is 13.9. The Bertz CT molecular complexity index is 1510. The van der Waals surface area contributed by atoms with Gasteiger partial charge in [0.25, 0.3) is 5.56 Å². The molecular weight excluding hydrogens is 592 g/mol. The van der Waals surface area contributed by atoms with Crippen LogP contribution in [-0.2, 0) is 14.2 Å². The van der Waals surface area contributed by atoms with Crippen LogP contribution >= 0.6 is 22.7 Å². The van der Waals surface area contributed by atoms with Gasteiger partial charge in [-0.2, -0.15) is 0 Å². The molecule has 15 nitrogen and oxygen atoms in total. The van der Waals surface area contributed by atoms with Crippen molar-refractivity contribution in [3.63, 3.8) is 0 Å². The van der Waals surface area contributed by atoms with Crippen molar-refractivity contribution in [2.45, 2.75) is 52.7 Å². The van der Waals surface area contributed by atoms with Crippen molar-refractivity contribution in [1.29, 1.82) is 0 Å². The van der Waals surface area contributed by atoms with Gasteiger partial charge in [-0.05, 0) is 41.5 Å². The molecule has 3 aromatic heterocycles. The van der Waals surface area contributed by atoms with Gasteiger partial charge in [0.2, 0.25) is 5.75 Å². The van der Waals surface area contributed by atoms with Gasteiger partial charge in [0.1, 0.15) is 17.0 Å². The molecule has 228 valence electrons. The summed E-state index contributed by atoms with van der Waals surface area (Å²) in [5.74, 6) is -1.86. The summed E-state index contributed by atoms with van der Waals surface area (Å²) in [7, 11) is 1.10. The predicted octanol–water partition coefficient (Wildman–Crippen LogP) is 4.53. The van der Waals surface area contributed by atoms with Gasteiger partial charge in [-0.15, -0.1) is 22.7 Å². The van der Waals surface area contributed by atoms with Gasteiger partial charge in [0, 0.05) is 21.5 Å². The molecule has 0 fully saturated rings. The molecule has 0 aliphatic rings. The Balaban J connectivity index is 0.000000317. The minimum Gasteiger partial charge on any atom is -0.501 e. The second kappa shape index (κ2) is 13.8. The van der Waals surface area contributed by atoms with E-state index in [1.54, 1.807) is 63.1 Å². The normalized spacial score (nSPS) is 11.5. The molecule has 0 aliphatic carbocycles. The lowest BCUT2D eigenvalue weighted by Gasteiger charge is -2.19. The lowest BCUT2D eigenvalue weighted by molar-refractivity contribution is 0.0586. The van der Waals surface area contributed by atoms with E-state index >= 15 is 0 Å². The van der Waals surface area contributed by atoms with Crippen LogP contribution in [0.15, 0.2) is 31.5 Å². The van der Waals surface area contributed by atoms with Crippen LogP contribution in [0.5, 0.6) is 5.75 Å². The van der Waals surface area contributed by atoms with Crippen LogP contribution in [0.25, 0.3) is 11.4 Å². The summed E-state index contributed by atoms with van der Waals surface area (Å²) in [6.07, 6.45) is -1.26. The summed E-state index contributed by atoms with van der Waals surface area (Å²) >= 11 is 2.57. The summed E-state index contributed by atoms with van der Waals surface area (Å²) in [6.45, 7) is 10.5. The molecule has 0 radical (unpaired) electrons. The Hall–Kier alpha value is -4.64. The average molecular weight is 625 g/mol. The van der Waals surface area contributed by atoms with E-state index in [1.165, 1.54) is 22.7 Å². The molecule has 42 heavy (non-hydrogen) atoms. The highest BCUT2D eigenvalue weighted by molar-refractivity contribution is 7.09. The third-order valence-corrected chi connectivity index (χ3v) is 5.99. The third-order valence-electron chi connectivity index (χ3n) is 4.51. The molecule has 0 bridgehead atoms. The first kappa shape index (κ1) is 33.6. The summed E-state index contributed by atoms with van der Waals surface area (Å²) in [4.78, 5) is 53.2. The van der Waals surface area contributed by atoms with E-state index in [0.717, 1.165) is 7.11 Å². The van der Waals surface area contributed by atoms with Crippen molar-refractivity contribution in [2.24, 2.45) is 10.9 Å². The molecular formula is C25H32N6O9S2. The van der Waals surface area contributed by atoms with Crippen molar-refractivity contribution >= 4 is 58.0 Å².